The summed E-state index contributed by atoms with van der Waals surface area (Å²) < 4.78 is 0. The Kier molecular flexibility index (Phi) is 1.29. The summed E-state index contributed by atoms with van der Waals surface area (Å²) in [5, 5.41) is 0. The molecule has 0 bridgehead atoms. The van der Waals surface area contributed by atoms with Crippen LogP contribution in [-0.2, 0) is 0 Å². The van der Waals surface area contributed by atoms with Gasteiger partial charge < -0.3 is 0 Å². The maximum atomic E-state index is 2.49. The number of hydrogen-bond acceptors (Lipinski definition) is 0. The normalized spacial score (nSPS) is 44.7. The van der Waals surface area contributed by atoms with E-state index in [2.05, 4.69) is 25.5 Å². The minimum absolute atomic E-state index is 0.554. The van der Waals surface area contributed by atoms with Crippen LogP contribution in [0, 0.1) is 17.8 Å². The molecule has 2 rings (SSSR count). The molecule has 2 atom stereocenters. The molecule has 0 nitrogen and oxygen atoms in total. The van der Waals surface area contributed by atoms with Gasteiger partial charge in [0.2, 0.25) is 0 Å². The van der Waals surface area contributed by atoms with Crippen LogP contribution >= 0.6 is 0 Å². The molecular weight excluding hydrogens is 120 g/mol. The monoisotopic (exact) mass is 135 g/mol. The van der Waals surface area contributed by atoms with Gasteiger partial charge in [-0.05, 0) is 25.3 Å². The molecule has 0 aliphatic heterocycles. The SMILES string of the molecule is CC12C=CC[CH+][C@@H]1CCC2. The Balaban J connectivity index is 2.23. The predicted molar refractivity (Wildman–Crippen MR) is 43.5 cm³/mol. The van der Waals surface area contributed by atoms with Crippen LogP contribution < -0.4 is 0 Å². The minimum Gasteiger partial charge on any atom is -0.0739 e. The molecule has 1 unspecified atom stereocenters. The van der Waals surface area contributed by atoms with Crippen LogP contribution in [0.25, 0.3) is 0 Å². The fourth-order valence-corrected chi connectivity index (χ4v) is 2.39. The van der Waals surface area contributed by atoms with E-state index in [1.54, 1.807) is 0 Å². The average molecular weight is 135 g/mol. The molecule has 0 spiro atoms. The highest BCUT2D eigenvalue weighted by atomic mass is 14.4. The van der Waals surface area contributed by atoms with Crippen LogP contribution in [-0.4, -0.2) is 0 Å². The summed E-state index contributed by atoms with van der Waals surface area (Å²) in [7, 11) is 0. The third-order valence-corrected chi connectivity index (χ3v) is 3.13. The highest BCUT2D eigenvalue weighted by molar-refractivity contribution is 5.13. The molecule has 10 heavy (non-hydrogen) atoms. The fourth-order valence-electron chi connectivity index (χ4n) is 2.39. The molecule has 0 amide bonds. The second-order valence-electron chi connectivity index (χ2n) is 3.88. The molecular formula is C10H15+. The largest absolute Gasteiger partial charge is 0.107 e. The van der Waals surface area contributed by atoms with Crippen molar-refractivity contribution >= 4 is 0 Å². The van der Waals surface area contributed by atoms with E-state index in [0.717, 1.165) is 5.92 Å². The highest BCUT2D eigenvalue weighted by Crippen LogP contribution is 2.48. The van der Waals surface area contributed by atoms with E-state index < -0.39 is 0 Å². The number of rotatable bonds is 0. The van der Waals surface area contributed by atoms with Gasteiger partial charge in [-0.1, -0.05) is 13.0 Å². The molecule has 0 heterocycles. The van der Waals surface area contributed by atoms with Crippen molar-refractivity contribution in [2.24, 2.45) is 11.3 Å². The molecule has 1 fully saturated rings. The summed E-state index contributed by atoms with van der Waals surface area (Å²) in [6.45, 7) is 2.40. The van der Waals surface area contributed by atoms with Crippen molar-refractivity contribution in [2.75, 3.05) is 0 Å². The summed E-state index contributed by atoms with van der Waals surface area (Å²) >= 11 is 0. The zero-order chi connectivity index (χ0) is 7.03. The van der Waals surface area contributed by atoms with Gasteiger partial charge in [-0.15, -0.1) is 0 Å². The molecule has 0 aromatic carbocycles. The Morgan fingerprint density at radius 2 is 2.50 bits per heavy atom. The van der Waals surface area contributed by atoms with E-state index in [1.807, 2.05) is 0 Å². The lowest BCUT2D eigenvalue weighted by Crippen LogP contribution is -2.21. The van der Waals surface area contributed by atoms with Gasteiger partial charge in [0, 0.05) is 5.41 Å². The van der Waals surface area contributed by atoms with Crippen molar-refractivity contribution < 1.29 is 0 Å². The zero-order valence-corrected chi connectivity index (χ0v) is 6.64. The first-order valence-electron chi connectivity index (χ1n) is 4.32. The molecule has 0 aromatic heterocycles. The van der Waals surface area contributed by atoms with Crippen LogP contribution in [0.1, 0.15) is 32.6 Å². The minimum atomic E-state index is 0.554. The van der Waals surface area contributed by atoms with Gasteiger partial charge in [0.15, 0.2) is 0 Å². The maximum Gasteiger partial charge on any atom is 0.107 e. The smallest absolute Gasteiger partial charge is 0.0739 e. The standard InChI is InChI=1S/C10H15/c1-10-7-3-2-5-9(10)6-4-8-10/h3,5,7,9H,2,4,6,8H2,1H3/q+1/t9-,10?/m1/s1. The van der Waals surface area contributed by atoms with Gasteiger partial charge >= 0.3 is 0 Å². The van der Waals surface area contributed by atoms with Crippen LogP contribution in [0.3, 0.4) is 0 Å². The van der Waals surface area contributed by atoms with Crippen LogP contribution in [0.5, 0.6) is 0 Å². The topological polar surface area (TPSA) is 0 Å². The second kappa shape index (κ2) is 2.05. The summed E-state index contributed by atoms with van der Waals surface area (Å²) in [5.41, 5.74) is 0.554. The van der Waals surface area contributed by atoms with Crippen molar-refractivity contribution in [3.63, 3.8) is 0 Å². The highest BCUT2D eigenvalue weighted by Gasteiger charge is 2.43. The summed E-state index contributed by atoms with van der Waals surface area (Å²) in [4.78, 5) is 0. The molecule has 0 N–H and O–H groups in total. The van der Waals surface area contributed by atoms with Crippen LogP contribution in [0.2, 0.25) is 0 Å². The van der Waals surface area contributed by atoms with Gasteiger partial charge in [0.05, 0.1) is 6.42 Å². The predicted octanol–water partition coefficient (Wildman–Crippen LogP) is 2.96. The van der Waals surface area contributed by atoms with Gasteiger partial charge in [0.1, 0.15) is 12.3 Å². The van der Waals surface area contributed by atoms with E-state index in [9.17, 15) is 0 Å². The second-order valence-corrected chi connectivity index (χ2v) is 3.88. The van der Waals surface area contributed by atoms with Crippen molar-refractivity contribution in [1.82, 2.24) is 0 Å². The van der Waals surface area contributed by atoms with E-state index in [4.69, 9.17) is 0 Å². The summed E-state index contributed by atoms with van der Waals surface area (Å²) in [6.07, 6.45) is 12.7. The van der Waals surface area contributed by atoms with Gasteiger partial charge in [-0.25, -0.2) is 0 Å². The molecule has 2 aliphatic rings. The van der Waals surface area contributed by atoms with Crippen molar-refractivity contribution in [3.05, 3.63) is 18.6 Å². The lowest BCUT2D eigenvalue weighted by molar-refractivity contribution is 0.330. The first-order valence-corrected chi connectivity index (χ1v) is 4.32. The zero-order valence-electron chi connectivity index (χ0n) is 6.64. The first kappa shape index (κ1) is 6.33. The molecule has 0 aromatic rings. The molecule has 0 saturated heterocycles. The van der Waals surface area contributed by atoms with E-state index >= 15 is 0 Å². The number of allylic oxidation sites excluding steroid dienone is 2. The van der Waals surface area contributed by atoms with Crippen molar-refractivity contribution in [1.29, 1.82) is 0 Å². The van der Waals surface area contributed by atoms with Crippen molar-refractivity contribution in [2.45, 2.75) is 32.6 Å². The van der Waals surface area contributed by atoms with E-state index in [1.165, 1.54) is 25.7 Å². The number of hydrogen-bond donors (Lipinski definition) is 0. The summed E-state index contributed by atoms with van der Waals surface area (Å²) in [5.74, 6) is 0.900. The third-order valence-electron chi connectivity index (χ3n) is 3.13. The Labute approximate surface area is 63.3 Å². The van der Waals surface area contributed by atoms with Gasteiger partial charge in [0.25, 0.3) is 0 Å². The molecule has 2 aliphatic carbocycles. The Morgan fingerprint density at radius 1 is 1.60 bits per heavy atom. The fraction of sp³-hybridized carbons (Fsp3) is 0.700. The molecule has 0 heteroatoms. The maximum absolute atomic E-state index is 2.49. The van der Waals surface area contributed by atoms with Crippen molar-refractivity contribution in [3.8, 4) is 0 Å². The van der Waals surface area contributed by atoms with Gasteiger partial charge in [-0.3, -0.25) is 0 Å². The van der Waals surface area contributed by atoms with Crippen LogP contribution in [0.15, 0.2) is 12.2 Å². The lowest BCUT2D eigenvalue weighted by Gasteiger charge is -2.24. The average Bonchev–Trinajstić information content (AvgIpc) is 2.29. The van der Waals surface area contributed by atoms with E-state index in [-0.39, 0.29) is 0 Å². The lowest BCUT2D eigenvalue weighted by atomic mass is 9.74. The Hall–Kier alpha value is -0.390. The summed E-state index contributed by atoms with van der Waals surface area (Å²) in [6, 6.07) is 0. The molecule has 54 valence electrons. The molecule has 1 saturated carbocycles. The molecule has 0 radical (unpaired) electrons. The van der Waals surface area contributed by atoms with Gasteiger partial charge in [-0.2, -0.15) is 0 Å². The third kappa shape index (κ3) is 0.783. The first-order chi connectivity index (χ1) is 4.81. The van der Waals surface area contributed by atoms with Crippen LogP contribution in [0.4, 0.5) is 0 Å². The Bertz CT molecular complexity index is 157. The van der Waals surface area contributed by atoms with E-state index in [0.29, 0.717) is 5.41 Å². The Morgan fingerprint density at radius 3 is 3.30 bits per heavy atom. The number of fused-ring (bicyclic) bond motifs is 1. The quantitative estimate of drug-likeness (QED) is 0.354.